The molecule has 0 atom stereocenters. The van der Waals surface area contributed by atoms with Gasteiger partial charge in [0.1, 0.15) is 18.2 Å². The molecule has 0 fully saturated rings. The number of hydrogen-bond donors (Lipinski definition) is 1. The molecule has 0 unspecified atom stereocenters. The van der Waals surface area contributed by atoms with E-state index >= 15 is 0 Å². The van der Waals surface area contributed by atoms with Gasteiger partial charge in [0.2, 0.25) is 5.76 Å². The molecule has 0 bridgehead atoms. The number of esters is 1. The lowest BCUT2D eigenvalue weighted by molar-refractivity contribution is -0.124. The number of halogens is 1. The molecule has 1 amide bonds. The molecule has 1 aromatic heterocycles. The van der Waals surface area contributed by atoms with Crippen molar-refractivity contribution in [2.75, 3.05) is 26.9 Å². The van der Waals surface area contributed by atoms with E-state index in [0.717, 1.165) is 0 Å². The van der Waals surface area contributed by atoms with Gasteiger partial charge in [0.05, 0.1) is 19.2 Å². The lowest BCUT2D eigenvalue weighted by atomic mass is 10.1. The average Bonchev–Trinajstić information content (AvgIpc) is 3.25. The number of ether oxygens (including phenoxy) is 3. The third kappa shape index (κ3) is 5.38. The van der Waals surface area contributed by atoms with Gasteiger partial charge in [0.15, 0.2) is 18.1 Å². The van der Waals surface area contributed by atoms with Crippen molar-refractivity contribution in [3.8, 4) is 22.8 Å². The molecule has 0 saturated carbocycles. The highest BCUT2D eigenvalue weighted by Crippen LogP contribution is 2.26. The molecule has 2 aromatic carbocycles. The molecule has 3 aromatic rings. The average molecular weight is 413 g/mol. The van der Waals surface area contributed by atoms with E-state index in [-0.39, 0.29) is 30.2 Å². The second-order valence-electron chi connectivity index (χ2n) is 6.07. The van der Waals surface area contributed by atoms with E-state index in [2.05, 4.69) is 5.32 Å². The molecule has 3 rings (SSSR count). The van der Waals surface area contributed by atoms with Crippen molar-refractivity contribution in [3.63, 3.8) is 0 Å². The summed E-state index contributed by atoms with van der Waals surface area (Å²) >= 11 is 0. The fourth-order valence-corrected chi connectivity index (χ4v) is 2.60. The van der Waals surface area contributed by atoms with Crippen LogP contribution in [0.5, 0.6) is 11.5 Å². The number of amides is 1. The van der Waals surface area contributed by atoms with Crippen molar-refractivity contribution < 1.29 is 32.6 Å². The fourth-order valence-electron chi connectivity index (χ4n) is 2.60. The third-order valence-corrected chi connectivity index (χ3v) is 4.03. The van der Waals surface area contributed by atoms with Gasteiger partial charge < -0.3 is 23.9 Å². The van der Waals surface area contributed by atoms with E-state index < -0.39 is 24.3 Å². The first kappa shape index (κ1) is 20.9. The Hall–Kier alpha value is -3.81. The molecule has 156 valence electrons. The van der Waals surface area contributed by atoms with Crippen LogP contribution in [-0.2, 0) is 9.53 Å². The predicted molar refractivity (Wildman–Crippen MR) is 106 cm³/mol. The van der Waals surface area contributed by atoms with Crippen LogP contribution in [0.25, 0.3) is 11.3 Å². The third-order valence-electron chi connectivity index (χ3n) is 4.03. The molecule has 7 nitrogen and oxygen atoms in total. The molecule has 0 spiro atoms. The van der Waals surface area contributed by atoms with Crippen LogP contribution in [0.3, 0.4) is 0 Å². The molecule has 1 heterocycles. The Kier molecular flexibility index (Phi) is 7.05. The van der Waals surface area contributed by atoms with Crippen LogP contribution < -0.4 is 14.8 Å². The molecular formula is C22H20FNO6. The Labute approximate surface area is 172 Å². The van der Waals surface area contributed by atoms with Crippen molar-refractivity contribution in [2.24, 2.45) is 0 Å². The largest absolute Gasteiger partial charge is 0.493 e. The topological polar surface area (TPSA) is 87.0 Å². The van der Waals surface area contributed by atoms with Gasteiger partial charge in [-0.25, -0.2) is 9.18 Å². The smallest absolute Gasteiger partial charge is 0.374 e. The number of rotatable bonds is 9. The lowest BCUT2D eigenvalue weighted by Gasteiger charge is -2.10. The second kappa shape index (κ2) is 10.1. The lowest BCUT2D eigenvalue weighted by Crippen LogP contribution is -2.32. The Morgan fingerprint density at radius 3 is 2.50 bits per heavy atom. The number of benzene rings is 2. The highest BCUT2D eigenvalue weighted by molar-refractivity contribution is 5.89. The highest BCUT2D eigenvalue weighted by Gasteiger charge is 2.16. The minimum atomic E-state index is -0.821. The highest BCUT2D eigenvalue weighted by atomic mass is 19.1. The number of methoxy groups -OCH3 is 1. The van der Waals surface area contributed by atoms with Crippen LogP contribution in [0.4, 0.5) is 4.39 Å². The summed E-state index contributed by atoms with van der Waals surface area (Å²) in [6, 6.07) is 16.0. The Balaban J connectivity index is 1.42. The molecule has 0 radical (unpaired) electrons. The SMILES string of the molecule is COc1ccccc1OCCNC(=O)COC(=O)c1ccc(-c2ccccc2F)o1. The minimum Gasteiger partial charge on any atom is -0.493 e. The van der Waals surface area contributed by atoms with Gasteiger partial charge >= 0.3 is 5.97 Å². The van der Waals surface area contributed by atoms with Crippen molar-refractivity contribution in [1.82, 2.24) is 5.32 Å². The zero-order valence-corrected chi connectivity index (χ0v) is 16.2. The Morgan fingerprint density at radius 1 is 1.00 bits per heavy atom. The van der Waals surface area contributed by atoms with Crippen LogP contribution >= 0.6 is 0 Å². The zero-order chi connectivity index (χ0) is 21.3. The molecular weight excluding hydrogens is 393 g/mol. The van der Waals surface area contributed by atoms with Crippen LogP contribution in [-0.4, -0.2) is 38.7 Å². The molecule has 0 aliphatic heterocycles. The summed E-state index contributed by atoms with van der Waals surface area (Å²) in [6.45, 7) is -0.0555. The zero-order valence-electron chi connectivity index (χ0n) is 16.2. The summed E-state index contributed by atoms with van der Waals surface area (Å²) in [5.74, 6) is -0.569. The normalized spacial score (nSPS) is 10.3. The second-order valence-corrected chi connectivity index (χ2v) is 6.07. The van der Waals surface area contributed by atoms with Crippen LogP contribution in [0.15, 0.2) is 65.1 Å². The van der Waals surface area contributed by atoms with E-state index in [4.69, 9.17) is 18.6 Å². The quantitative estimate of drug-likeness (QED) is 0.427. The standard InChI is InChI=1S/C22H20FNO6/c1-27-18-8-4-5-9-19(18)28-13-12-24-21(25)14-29-22(26)20-11-10-17(30-20)15-6-2-3-7-16(15)23/h2-11H,12-14H2,1H3,(H,24,25). The summed E-state index contributed by atoms with van der Waals surface area (Å²) in [6.07, 6.45) is 0. The molecule has 0 saturated heterocycles. The first-order valence-corrected chi connectivity index (χ1v) is 9.13. The van der Waals surface area contributed by atoms with Crippen molar-refractivity contribution in [3.05, 3.63) is 72.2 Å². The molecule has 0 aliphatic rings. The van der Waals surface area contributed by atoms with Gasteiger partial charge in [-0.15, -0.1) is 0 Å². The number of carbonyl (C=O) groups excluding carboxylic acids is 2. The molecule has 8 heteroatoms. The summed E-state index contributed by atoms with van der Waals surface area (Å²) in [4.78, 5) is 23.9. The molecule has 30 heavy (non-hydrogen) atoms. The summed E-state index contributed by atoms with van der Waals surface area (Å²) in [5.41, 5.74) is 0.226. The van der Waals surface area contributed by atoms with E-state index in [1.807, 2.05) is 12.1 Å². The minimum absolute atomic E-state index is 0.124. The molecule has 1 N–H and O–H groups in total. The van der Waals surface area contributed by atoms with E-state index in [1.54, 1.807) is 24.3 Å². The number of nitrogens with one attached hydrogen (secondary N) is 1. The first-order valence-electron chi connectivity index (χ1n) is 9.13. The van der Waals surface area contributed by atoms with Crippen LogP contribution in [0, 0.1) is 5.82 Å². The number of carbonyl (C=O) groups is 2. The maximum atomic E-state index is 13.8. The number of furan rings is 1. The van der Waals surface area contributed by atoms with Gasteiger partial charge in [-0.2, -0.15) is 0 Å². The fraction of sp³-hybridized carbons (Fsp3) is 0.182. The summed E-state index contributed by atoms with van der Waals surface area (Å²) < 4.78 is 34.8. The van der Waals surface area contributed by atoms with Gasteiger partial charge in [0.25, 0.3) is 5.91 Å². The maximum Gasteiger partial charge on any atom is 0.374 e. The van der Waals surface area contributed by atoms with Crippen molar-refractivity contribution >= 4 is 11.9 Å². The van der Waals surface area contributed by atoms with Crippen LogP contribution in [0.1, 0.15) is 10.6 Å². The monoisotopic (exact) mass is 413 g/mol. The van der Waals surface area contributed by atoms with E-state index in [1.165, 1.54) is 31.4 Å². The van der Waals surface area contributed by atoms with Gasteiger partial charge in [-0.05, 0) is 36.4 Å². The Bertz CT molecular complexity index is 1020. The van der Waals surface area contributed by atoms with Gasteiger partial charge in [-0.1, -0.05) is 24.3 Å². The summed E-state index contributed by atoms with van der Waals surface area (Å²) in [5, 5.41) is 2.57. The summed E-state index contributed by atoms with van der Waals surface area (Å²) in [7, 11) is 1.54. The van der Waals surface area contributed by atoms with E-state index in [9.17, 15) is 14.0 Å². The molecule has 0 aliphatic carbocycles. The van der Waals surface area contributed by atoms with Crippen molar-refractivity contribution in [1.29, 1.82) is 0 Å². The Morgan fingerprint density at radius 2 is 1.73 bits per heavy atom. The maximum absolute atomic E-state index is 13.8. The first-order chi connectivity index (χ1) is 14.6. The van der Waals surface area contributed by atoms with E-state index in [0.29, 0.717) is 11.5 Å². The van der Waals surface area contributed by atoms with Crippen LogP contribution in [0.2, 0.25) is 0 Å². The van der Waals surface area contributed by atoms with Gasteiger partial charge in [-0.3, -0.25) is 4.79 Å². The van der Waals surface area contributed by atoms with Crippen molar-refractivity contribution in [2.45, 2.75) is 0 Å². The predicted octanol–water partition coefficient (Wildman–Crippen LogP) is 3.45. The number of para-hydroxylation sites is 2. The van der Waals surface area contributed by atoms with Gasteiger partial charge in [0, 0.05) is 0 Å². The number of hydrogen-bond acceptors (Lipinski definition) is 6.